The Balaban J connectivity index is 1.86. The van der Waals surface area contributed by atoms with Crippen LogP contribution in [-0.4, -0.2) is 17.0 Å². The van der Waals surface area contributed by atoms with Gasteiger partial charge >= 0.3 is 0 Å². The lowest BCUT2D eigenvalue weighted by Crippen LogP contribution is -2.08. The molecule has 0 aliphatic rings. The SMILES string of the molecule is Cn1ccc(C(=O)COCc2ccccc2Br)c1. The van der Waals surface area contributed by atoms with Gasteiger partial charge in [-0.2, -0.15) is 0 Å². The number of Topliss-reactive ketones (excluding diaryl/α,β-unsaturated/α-hetero) is 1. The standard InChI is InChI=1S/C14H14BrNO2/c1-16-7-6-11(8-16)14(17)10-18-9-12-4-2-3-5-13(12)15/h2-8H,9-10H2,1H3. The number of hydrogen-bond acceptors (Lipinski definition) is 2. The normalized spacial score (nSPS) is 10.6. The minimum absolute atomic E-state index is 0.00246. The summed E-state index contributed by atoms with van der Waals surface area (Å²) in [6, 6.07) is 9.62. The Kier molecular flexibility index (Phi) is 4.33. The molecule has 1 heterocycles. The summed E-state index contributed by atoms with van der Waals surface area (Å²) in [4.78, 5) is 11.8. The molecule has 0 aliphatic carbocycles. The van der Waals surface area contributed by atoms with Crippen LogP contribution in [0.2, 0.25) is 0 Å². The van der Waals surface area contributed by atoms with Crippen molar-refractivity contribution >= 4 is 21.7 Å². The Morgan fingerprint density at radius 3 is 2.78 bits per heavy atom. The van der Waals surface area contributed by atoms with Crippen molar-refractivity contribution in [2.45, 2.75) is 6.61 Å². The smallest absolute Gasteiger partial charge is 0.189 e. The molecule has 1 aromatic carbocycles. The highest BCUT2D eigenvalue weighted by Gasteiger charge is 2.07. The van der Waals surface area contributed by atoms with Crippen LogP contribution < -0.4 is 0 Å². The van der Waals surface area contributed by atoms with E-state index in [4.69, 9.17) is 4.74 Å². The van der Waals surface area contributed by atoms with E-state index in [2.05, 4.69) is 15.9 Å². The predicted octanol–water partition coefficient (Wildman–Crippen LogP) is 3.19. The van der Waals surface area contributed by atoms with Crippen molar-refractivity contribution < 1.29 is 9.53 Å². The zero-order chi connectivity index (χ0) is 13.0. The molecule has 4 heteroatoms. The summed E-state index contributed by atoms with van der Waals surface area (Å²) < 4.78 is 8.28. The van der Waals surface area contributed by atoms with Crippen molar-refractivity contribution in [3.05, 3.63) is 58.3 Å². The molecular formula is C14H14BrNO2. The van der Waals surface area contributed by atoms with Crippen LogP contribution in [0.3, 0.4) is 0 Å². The number of aryl methyl sites for hydroxylation is 1. The monoisotopic (exact) mass is 307 g/mol. The molecule has 0 aliphatic heterocycles. The van der Waals surface area contributed by atoms with Gasteiger partial charge in [-0.15, -0.1) is 0 Å². The molecule has 0 unspecified atom stereocenters. The molecule has 3 nitrogen and oxygen atoms in total. The molecule has 2 rings (SSSR count). The van der Waals surface area contributed by atoms with Gasteiger partial charge < -0.3 is 9.30 Å². The summed E-state index contributed by atoms with van der Waals surface area (Å²) in [5.41, 5.74) is 1.72. The molecule has 0 saturated heterocycles. The Morgan fingerprint density at radius 1 is 1.33 bits per heavy atom. The van der Waals surface area contributed by atoms with Crippen LogP contribution in [0.15, 0.2) is 47.2 Å². The van der Waals surface area contributed by atoms with Crippen molar-refractivity contribution in [1.29, 1.82) is 0 Å². The molecular weight excluding hydrogens is 294 g/mol. The lowest BCUT2D eigenvalue weighted by atomic mass is 10.2. The molecule has 1 aromatic heterocycles. The Bertz CT molecular complexity index is 548. The quantitative estimate of drug-likeness (QED) is 0.794. The predicted molar refractivity (Wildman–Crippen MR) is 73.5 cm³/mol. The number of carbonyl (C=O) groups excluding carboxylic acids is 1. The molecule has 0 fully saturated rings. The first-order chi connectivity index (χ1) is 8.66. The molecule has 0 atom stereocenters. The summed E-state index contributed by atoms with van der Waals surface area (Å²) in [6.07, 6.45) is 3.64. The Morgan fingerprint density at radius 2 is 2.11 bits per heavy atom. The fourth-order valence-electron chi connectivity index (χ4n) is 1.62. The van der Waals surface area contributed by atoms with E-state index in [9.17, 15) is 4.79 Å². The van der Waals surface area contributed by atoms with Crippen LogP contribution in [0.25, 0.3) is 0 Å². The molecule has 0 spiro atoms. The summed E-state index contributed by atoms with van der Waals surface area (Å²) >= 11 is 3.44. The maximum absolute atomic E-state index is 11.8. The third kappa shape index (κ3) is 3.31. The fourth-order valence-corrected chi connectivity index (χ4v) is 2.02. The second-order valence-corrected chi connectivity index (χ2v) is 4.93. The first-order valence-electron chi connectivity index (χ1n) is 5.63. The number of rotatable bonds is 5. The van der Waals surface area contributed by atoms with Gasteiger partial charge in [-0.1, -0.05) is 34.1 Å². The van der Waals surface area contributed by atoms with Gasteiger partial charge in [-0.25, -0.2) is 0 Å². The largest absolute Gasteiger partial charge is 0.369 e. The summed E-state index contributed by atoms with van der Waals surface area (Å²) in [6.45, 7) is 0.533. The van der Waals surface area contributed by atoms with E-state index >= 15 is 0 Å². The number of hydrogen-bond donors (Lipinski definition) is 0. The van der Waals surface area contributed by atoms with Crippen LogP contribution in [0.5, 0.6) is 0 Å². The number of ether oxygens (including phenoxy) is 1. The topological polar surface area (TPSA) is 31.2 Å². The van der Waals surface area contributed by atoms with E-state index in [1.54, 1.807) is 12.3 Å². The van der Waals surface area contributed by atoms with Gasteiger partial charge in [-0.3, -0.25) is 4.79 Å². The fraction of sp³-hybridized carbons (Fsp3) is 0.214. The number of nitrogens with zero attached hydrogens (tertiary/aromatic N) is 1. The van der Waals surface area contributed by atoms with Crippen LogP contribution >= 0.6 is 15.9 Å². The van der Waals surface area contributed by atoms with Crippen molar-refractivity contribution in [2.24, 2.45) is 7.05 Å². The number of aromatic nitrogens is 1. The van der Waals surface area contributed by atoms with Gasteiger partial charge in [0.2, 0.25) is 0 Å². The van der Waals surface area contributed by atoms with Crippen molar-refractivity contribution in [2.75, 3.05) is 6.61 Å². The summed E-state index contributed by atoms with van der Waals surface area (Å²) in [5, 5.41) is 0. The molecule has 0 radical (unpaired) electrons. The van der Waals surface area contributed by atoms with Gasteiger partial charge in [0, 0.05) is 29.5 Å². The van der Waals surface area contributed by atoms with E-state index in [0.717, 1.165) is 10.0 Å². The molecule has 2 aromatic rings. The van der Waals surface area contributed by atoms with Crippen LogP contribution in [0.1, 0.15) is 15.9 Å². The zero-order valence-corrected chi connectivity index (χ0v) is 11.7. The molecule has 0 saturated carbocycles. The average molecular weight is 308 g/mol. The van der Waals surface area contributed by atoms with Crippen LogP contribution in [0.4, 0.5) is 0 Å². The minimum Gasteiger partial charge on any atom is -0.369 e. The van der Waals surface area contributed by atoms with E-state index in [-0.39, 0.29) is 12.4 Å². The molecule has 94 valence electrons. The minimum atomic E-state index is 0.00246. The summed E-state index contributed by atoms with van der Waals surface area (Å²) in [7, 11) is 1.89. The van der Waals surface area contributed by atoms with E-state index in [1.807, 2.05) is 42.1 Å². The second kappa shape index (κ2) is 5.98. The van der Waals surface area contributed by atoms with E-state index < -0.39 is 0 Å². The Labute approximate surface area is 115 Å². The van der Waals surface area contributed by atoms with Gasteiger partial charge in [-0.05, 0) is 17.7 Å². The van der Waals surface area contributed by atoms with Crippen molar-refractivity contribution in [3.8, 4) is 0 Å². The highest BCUT2D eigenvalue weighted by atomic mass is 79.9. The lowest BCUT2D eigenvalue weighted by Gasteiger charge is -2.05. The molecule has 18 heavy (non-hydrogen) atoms. The van der Waals surface area contributed by atoms with Crippen molar-refractivity contribution in [3.63, 3.8) is 0 Å². The second-order valence-electron chi connectivity index (χ2n) is 4.07. The average Bonchev–Trinajstić information content (AvgIpc) is 2.78. The third-order valence-electron chi connectivity index (χ3n) is 2.60. The van der Waals surface area contributed by atoms with Crippen molar-refractivity contribution in [1.82, 2.24) is 4.57 Å². The molecule has 0 N–H and O–H groups in total. The maximum Gasteiger partial charge on any atom is 0.189 e. The lowest BCUT2D eigenvalue weighted by molar-refractivity contribution is 0.0725. The van der Waals surface area contributed by atoms with Gasteiger partial charge in [0.1, 0.15) is 6.61 Å². The Hall–Kier alpha value is -1.39. The van der Waals surface area contributed by atoms with Gasteiger partial charge in [0.15, 0.2) is 5.78 Å². The van der Waals surface area contributed by atoms with E-state index in [0.29, 0.717) is 12.2 Å². The molecule has 0 bridgehead atoms. The number of ketones is 1. The highest BCUT2D eigenvalue weighted by molar-refractivity contribution is 9.10. The van der Waals surface area contributed by atoms with Gasteiger partial charge in [0.05, 0.1) is 6.61 Å². The first kappa shape index (κ1) is 13.1. The number of halogens is 1. The number of carbonyl (C=O) groups is 1. The zero-order valence-electron chi connectivity index (χ0n) is 10.1. The third-order valence-corrected chi connectivity index (χ3v) is 3.38. The van der Waals surface area contributed by atoms with Gasteiger partial charge in [0.25, 0.3) is 0 Å². The summed E-state index contributed by atoms with van der Waals surface area (Å²) in [5.74, 6) is 0.00246. The van der Waals surface area contributed by atoms with Crippen LogP contribution in [0, 0.1) is 0 Å². The van der Waals surface area contributed by atoms with E-state index in [1.165, 1.54) is 0 Å². The number of benzene rings is 1. The van der Waals surface area contributed by atoms with Crippen LogP contribution in [-0.2, 0) is 18.4 Å². The maximum atomic E-state index is 11.8. The first-order valence-corrected chi connectivity index (χ1v) is 6.42. The molecule has 0 amide bonds. The highest BCUT2D eigenvalue weighted by Crippen LogP contribution is 2.16.